The van der Waals surface area contributed by atoms with Crippen molar-refractivity contribution < 1.29 is 19.4 Å². The van der Waals surface area contributed by atoms with Crippen LogP contribution in [0.3, 0.4) is 0 Å². The fourth-order valence-electron chi connectivity index (χ4n) is 4.65. The second-order valence-electron chi connectivity index (χ2n) is 8.10. The summed E-state index contributed by atoms with van der Waals surface area (Å²) in [6.07, 6.45) is 1.91. The lowest BCUT2D eigenvalue weighted by Crippen LogP contribution is -2.50. The van der Waals surface area contributed by atoms with Gasteiger partial charge < -0.3 is 24.4 Å². The van der Waals surface area contributed by atoms with Crippen LogP contribution in [0.2, 0.25) is 0 Å². The smallest absolute Gasteiger partial charge is 0.237 e. The maximum Gasteiger partial charge on any atom is 0.237 e. The molecule has 1 amide bonds. The maximum absolute atomic E-state index is 13.2. The van der Waals surface area contributed by atoms with Crippen LogP contribution in [0.1, 0.15) is 24.4 Å². The summed E-state index contributed by atoms with van der Waals surface area (Å²) in [5.74, 6) is 2.03. The van der Waals surface area contributed by atoms with Crippen molar-refractivity contribution in [1.82, 2.24) is 9.80 Å². The van der Waals surface area contributed by atoms with E-state index < -0.39 is 0 Å². The predicted molar refractivity (Wildman–Crippen MR) is 120 cm³/mol. The highest BCUT2D eigenvalue weighted by Gasteiger charge is 2.33. The Hall–Kier alpha value is -2.93. The number of hydrogen-bond donors (Lipinski definition) is 1. The molecule has 1 unspecified atom stereocenters. The molecular weight excluding hydrogens is 394 g/mol. The van der Waals surface area contributed by atoms with E-state index in [1.54, 1.807) is 20.3 Å². The Morgan fingerprint density at radius 1 is 1.03 bits per heavy atom. The lowest BCUT2D eigenvalue weighted by atomic mass is 10.0. The Labute approximate surface area is 183 Å². The zero-order valence-corrected chi connectivity index (χ0v) is 18.3. The molecule has 2 heterocycles. The summed E-state index contributed by atoms with van der Waals surface area (Å²) >= 11 is 0. The van der Waals surface area contributed by atoms with Crippen molar-refractivity contribution in [2.24, 2.45) is 0 Å². The van der Waals surface area contributed by atoms with Gasteiger partial charge in [-0.1, -0.05) is 12.1 Å². The molecule has 0 radical (unpaired) electrons. The molecule has 0 aliphatic carbocycles. The molecule has 0 saturated carbocycles. The van der Waals surface area contributed by atoms with Crippen LogP contribution in [0.15, 0.2) is 42.5 Å². The quantitative estimate of drug-likeness (QED) is 0.768. The molecule has 166 valence electrons. The van der Waals surface area contributed by atoms with Crippen molar-refractivity contribution in [3.63, 3.8) is 0 Å². The van der Waals surface area contributed by atoms with Crippen molar-refractivity contribution in [1.29, 1.82) is 0 Å². The molecule has 4 rings (SSSR count). The van der Waals surface area contributed by atoms with Crippen LogP contribution >= 0.6 is 0 Å². The Morgan fingerprint density at radius 2 is 1.81 bits per heavy atom. The van der Waals surface area contributed by atoms with Gasteiger partial charge in [-0.2, -0.15) is 0 Å². The molecule has 0 aromatic heterocycles. The molecule has 31 heavy (non-hydrogen) atoms. The van der Waals surface area contributed by atoms with E-state index in [4.69, 9.17) is 9.47 Å². The van der Waals surface area contributed by atoms with E-state index >= 15 is 0 Å². The van der Waals surface area contributed by atoms with Gasteiger partial charge in [-0.3, -0.25) is 9.69 Å². The van der Waals surface area contributed by atoms with Crippen LogP contribution in [0, 0.1) is 0 Å². The number of methoxy groups -OCH3 is 2. The predicted octanol–water partition coefficient (Wildman–Crippen LogP) is 2.90. The van der Waals surface area contributed by atoms with E-state index in [9.17, 15) is 9.90 Å². The zero-order chi connectivity index (χ0) is 21.8. The molecule has 7 nitrogen and oxygen atoms in total. The van der Waals surface area contributed by atoms with Crippen LogP contribution in [-0.4, -0.2) is 74.3 Å². The van der Waals surface area contributed by atoms with E-state index in [0.717, 1.165) is 68.3 Å². The fraction of sp³-hybridized carbons (Fsp3) is 0.458. The number of ether oxygens (including phenoxy) is 2. The minimum absolute atomic E-state index is 0.0140. The number of carbonyl (C=O) groups excluding carboxylic acids is 1. The highest BCUT2D eigenvalue weighted by molar-refractivity contribution is 5.79. The summed E-state index contributed by atoms with van der Waals surface area (Å²) in [6.45, 7) is 4.34. The highest BCUT2D eigenvalue weighted by Crippen LogP contribution is 2.39. The molecule has 0 bridgehead atoms. The minimum atomic E-state index is 0.0140. The molecule has 2 aromatic carbocycles. The van der Waals surface area contributed by atoms with Gasteiger partial charge >= 0.3 is 0 Å². The number of piperazine rings is 1. The SMILES string of the molecule is COc1ccc(OC)c(C2CCCN2C(=O)CN2CCN(c3ccccc3O)CC2)c1. The number of carbonyl (C=O) groups is 1. The maximum atomic E-state index is 13.2. The normalized spacial score (nSPS) is 19.5. The molecule has 2 aliphatic heterocycles. The number of para-hydroxylation sites is 2. The average molecular weight is 426 g/mol. The molecule has 2 aromatic rings. The van der Waals surface area contributed by atoms with Crippen LogP contribution < -0.4 is 14.4 Å². The third-order valence-corrected chi connectivity index (χ3v) is 6.32. The number of nitrogens with zero attached hydrogens (tertiary/aromatic N) is 3. The lowest BCUT2D eigenvalue weighted by molar-refractivity contribution is -0.133. The Balaban J connectivity index is 1.39. The first-order valence-electron chi connectivity index (χ1n) is 10.9. The fourth-order valence-corrected chi connectivity index (χ4v) is 4.65. The van der Waals surface area contributed by atoms with Crippen LogP contribution in [0.5, 0.6) is 17.2 Å². The molecule has 2 aliphatic rings. The van der Waals surface area contributed by atoms with Crippen LogP contribution in [0.25, 0.3) is 0 Å². The molecule has 2 saturated heterocycles. The van der Waals surface area contributed by atoms with Gasteiger partial charge in [-0.05, 0) is 43.2 Å². The Bertz CT molecular complexity index is 911. The van der Waals surface area contributed by atoms with E-state index in [2.05, 4.69) is 9.80 Å². The Morgan fingerprint density at radius 3 is 2.52 bits per heavy atom. The van der Waals surface area contributed by atoms with E-state index in [0.29, 0.717) is 12.3 Å². The number of hydrogen-bond acceptors (Lipinski definition) is 6. The second kappa shape index (κ2) is 9.47. The average Bonchev–Trinajstić information content (AvgIpc) is 3.29. The molecule has 1 atom stereocenters. The van der Waals surface area contributed by atoms with Crippen LogP contribution in [0.4, 0.5) is 5.69 Å². The number of likely N-dealkylation sites (tertiary alicyclic amines) is 1. The number of amides is 1. The summed E-state index contributed by atoms with van der Waals surface area (Å²) in [4.78, 5) is 19.6. The van der Waals surface area contributed by atoms with Gasteiger partial charge in [0.05, 0.1) is 32.5 Å². The van der Waals surface area contributed by atoms with Gasteiger partial charge in [0.25, 0.3) is 0 Å². The third-order valence-electron chi connectivity index (χ3n) is 6.32. The number of phenolic OH excluding ortho intramolecular Hbond substituents is 1. The van der Waals surface area contributed by atoms with Crippen LogP contribution in [-0.2, 0) is 4.79 Å². The zero-order valence-electron chi connectivity index (χ0n) is 18.3. The first-order chi connectivity index (χ1) is 15.1. The van der Waals surface area contributed by atoms with Gasteiger partial charge in [0.1, 0.15) is 17.2 Å². The van der Waals surface area contributed by atoms with Gasteiger partial charge in [-0.25, -0.2) is 0 Å². The standard InChI is InChI=1S/C24H31N3O4/c1-30-18-9-10-23(31-2)19(16-18)20-7-5-11-27(20)24(29)17-25-12-14-26(15-13-25)21-6-3-4-8-22(21)28/h3-4,6,8-10,16,20,28H,5,7,11-15,17H2,1-2H3. The molecule has 0 spiro atoms. The summed E-state index contributed by atoms with van der Waals surface area (Å²) < 4.78 is 11.0. The van der Waals surface area contributed by atoms with Crippen molar-refractivity contribution in [2.75, 3.05) is 58.4 Å². The largest absolute Gasteiger partial charge is 0.506 e. The number of phenols is 1. The highest BCUT2D eigenvalue weighted by atomic mass is 16.5. The van der Waals surface area contributed by atoms with Gasteiger partial charge in [-0.15, -0.1) is 0 Å². The lowest BCUT2D eigenvalue weighted by Gasteiger charge is -2.37. The van der Waals surface area contributed by atoms with Gasteiger partial charge in [0.2, 0.25) is 5.91 Å². The van der Waals surface area contributed by atoms with E-state index in [1.807, 2.05) is 41.3 Å². The monoisotopic (exact) mass is 425 g/mol. The van der Waals surface area contributed by atoms with Crippen molar-refractivity contribution in [3.8, 4) is 17.2 Å². The second-order valence-corrected chi connectivity index (χ2v) is 8.10. The summed E-state index contributed by atoms with van der Waals surface area (Å²) in [5, 5.41) is 10.1. The minimum Gasteiger partial charge on any atom is -0.506 e. The van der Waals surface area contributed by atoms with Crippen molar-refractivity contribution >= 4 is 11.6 Å². The summed E-state index contributed by atoms with van der Waals surface area (Å²) in [6, 6.07) is 13.2. The molecule has 1 N–H and O–H groups in total. The summed E-state index contributed by atoms with van der Waals surface area (Å²) in [5.41, 5.74) is 1.87. The van der Waals surface area contributed by atoms with E-state index in [1.165, 1.54) is 0 Å². The number of benzene rings is 2. The van der Waals surface area contributed by atoms with E-state index in [-0.39, 0.29) is 11.9 Å². The molecule has 2 fully saturated rings. The molecule has 7 heteroatoms. The number of rotatable bonds is 6. The Kier molecular flexibility index (Phi) is 6.51. The van der Waals surface area contributed by atoms with Gasteiger partial charge in [0.15, 0.2) is 0 Å². The first-order valence-corrected chi connectivity index (χ1v) is 10.9. The number of anilines is 1. The van der Waals surface area contributed by atoms with Crippen molar-refractivity contribution in [2.45, 2.75) is 18.9 Å². The first kappa shape index (κ1) is 21.3. The third kappa shape index (κ3) is 4.56. The van der Waals surface area contributed by atoms with Crippen molar-refractivity contribution in [3.05, 3.63) is 48.0 Å². The summed E-state index contributed by atoms with van der Waals surface area (Å²) in [7, 11) is 3.31. The van der Waals surface area contributed by atoms with Gasteiger partial charge in [0, 0.05) is 38.3 Å². The number of aromatic hydroxyl groups is 1. The topological polar surface area (TPSA) is 65.5 Å². The molecular formula is C24H31N3O4.